The predicted octanol–water partition coefficient (Wildman–Crippen LogP) is 0.233. The Morgan fingerprint density at radius 3 is 2.80 bits per heavy atom. The molecule has 1 amide bonds. The monoisotopic (exact) mass is 156 g/mol. The third-order valence-corrected chi connectivity index (χ3v) is 2.11. The molecule has 4 N–H and O–H groups in total. The zero-order valence-electron chi connectivity index (χ0n) is 5.28. The number of rotatable bonds is 2. The number of hydrogen-bond donors (Lipinski definition) is 2. The molecule has 0 spiro atoms. The number of carbonyl (C=O) groups excluding carboxylic acids is 1. The first-order chi connectivity index (χ1) is 4.72. The molecule has 54 valence electrons. The average Bonchev–Trinajstić information content (AvgIpc) is 2.36. The molecule has 1 rings (SSSR count). The number of carbonyl (C=O) groups is 1. The molecule has 10 heavy (non-hydrogen) atoms. The van der Waals surface area contributed by atoms with Crippen LogP contribution in [-0.4, -0.2) is 5.91 Å². The maximum Gasteiger partial charge on any atom is 0.239 e. The quantitative estimate of drug-likeness (QED) is 0.643. The molecule has 0 fully saturated rings. The van der Waals surface area contributed by atoms with Gasteiger partial charge in [0.25, 0.3) is 0 Å². The number of primary amides is 1. The maximum absolute atomic E-state index is 10.5. The fourth-order valence-electron chi connectivity index (χ4n) is 0.608. The Labute approximate surface area is 62.6 Å². The van der Waals surface area contributed by atoms with Crippen molar-refractivity contribution in [3.05, 3.63) is 22.4 Å². The number of nitrogens with two attached hydrogens (primary N) is 2. The first-order valence-electron chi connectivity index (χ1n) is 2.80. The van der Waals surface area contributed by atoms with Gasteiger partial charge in [0, 0.05) is 4.88 Å². The van der Waals surface area contributed by atoms with Gasteiger partial charge >= 0.3 is 0 Å². The normalized spacial score (nSPS) is 12.9. The zero-order valence-corrected chi connectivity index (χ0v) is 6.10. The van der Waals surface area contributed by atoms with E-state index in [0.29, 0.717) is 0 Å². The molecule has 0 aliphatic rings. The van der Waals surface area contributed by atoms with E-state index in [2.05, 4.69) is 0 Å². The summed E-state index contributed by atoms with van der Waals surface area (Å²) in [6.45, 7) is 0. The van der Waals surface area contributed by atoms with Crippen LogP contribution in [-0.2, 0) is 4.79 Å². The summed E-state index contributed by atoms with van der Waals surface area (Å²) in [4.78, 5) is 11.3. The van der Waals surface area contributed by atoms with Crippen LogP contribution in [0, 0.1) is 0 Å². The van der Waals surface area contributed by atoms with Crippen LogP contribution in [0.2, 0.25) is 0 Å². The van der Waals surface area contributed by atoms with Gasteiger partial charge in [0.1, 0.15) is 6.04 Å². The summed E-state index contributed by atoms with van der Waals surface area (Å²) in [5.41, 5.74) is 10.4. The van der Waals surface area contributed by atoms with E-state index in [1.807, 2.05) is 11.4 Å². The van der Waals surface area contributed by atoms with E-state index in [1.165, 1.54) is 11.3 Å². The van der Waals surface area contributed by atoms with E-state index in [9.17, 15) is 4.79 Å². The first kappa shape index (κ1) is 7.24. The Kier molecular flexibility index (Phi) is 2.03. The molecule has 0 aliphatic heterocycles. The molecule has 3 nitrogen and oxygen atoms in total. The molecule has 1 aromatic rings. The van der Waals surface area contributed by atoms with Crippen molar-refractivity contribution in [1.29, 1.82) is 0 Å². The van der Waals surface area contributed by atoms with E-state index in [1.54, 1.807) is 6.07 Å². The van der Waals surface area contributed by atoms with Crippen molar-refractivity contribution in [3.63, 3.8) is 0 Å². The molecule has 0 radical (unpaired) electrons. The van der Waals surface area contributed by atoms with Gasteiger partial charge in [-0.15, -0.1) is 11.3 Å². The van der Waals surface area contributed by atoms with Crippen molar-refractivity contribution in [3.8, 4) is 0 Å². The fraction of sp³-hybridized carbons (Fsp3) is 0.167. The second kappa shape index (κ2) is 2.81. The van der Waals surface area contributed by atoms with E-state index >= 15 is 0 Å². The van der Waals surface area contributed by atoms with Crippen molar-refractivity contribution < 1.29 is 4.79 Å². The molecular formula is C6H8N2OS. The summed E-state index contributed by atoms with van der Waals surface area (Å²) >= 11 is 1.43. The van der Waals surface area contributed by atoms with Crippen molar-refractivity contribution in [2.45, 2.75) is 6.04 Å². The third kappa shape index (κ3) is 1.34. The van der Waals surface area contributed by atoms with Gasteiger partial charge in [0.2, 0.25) is 5.91 Å². The Balaban J connectivity index is 2.77. The average molecular weight is 156 g/mol. The Bertz CT molecular complexity index is 220. The summed E-state index contributed by atoms with van der Waals surface area (Å²) in [5.74, 6) is -0.484. The van der Waals surface area contributed by atoms with E-state index in [-0.39, 0.29) is 0 Å². The van der Waals surface area contributed by atoms with Gasteiger partial charge in [-0.05, 0) is 11.4 Å². The van der Waals surface area contributed by atoms with Gasteiger partial charge in [-0.2, -0.15) is 0 Å². The Morgan fingerprint density at radius 1 is 1.70 bits per heavy atom. The number of amides is 1. The van der Waals surface area contributed by atoms with Crippen molar-refractivity contribution in [2.75, 3.05) is 0 Å². The Morgan fingerprint density at radius 2 is 2.40 bits per heavy atom. The van der Waals surface area contributed by atoms with Gasteiger partial charge in [0.15, 0.2) is 0 Å². The van der Waals surface area contributed by atoms with Crippen LogP contribution in [0.3, 0.4) is 0 Å². The van der Waals surface area contributed by atoms with Crippen LogP contribution < -0.4 is 11.5 Å². The lowest BCUT2D eigenvalue weighted by molar-refractivity contribution is -0.119. The minimum atomic E-state index is -0.639. The fourth-order valence-corrected chi connectivity index (χ4v) is 1.34. The predicted molar refractivity (Wildman–Crippen MR) is 40.4 cm³/mol. The molecule has 1 unspecified atom stereocenters. The highest BCUT2D eigenvalue weighted by molar-refractivity contribution is 7.10. The molecule has 0 aromatic carbocycles. The van der Waals surface area contributed by atoms with Crippen molar-refractivity contribution in [2.24, 2.45) is 11.5 Å². The lowest BCUT2D eigenvalue weighted by atomic mass is 10.2. The topological polar surface area (TPSA) is 69.1 Å². The summed E-state index contributed by atoms with van der Waals surface area (Å²) in [5, 5.41) is 1.86. The molecule has 0 bridgehead atoms. The molecule has 1 aromatic heterocycles. The molecule has 1 atom stereocenters. The maximum atomic E-state index is 10.5. The molecule has 0 saturated heterocycles. The highest BCUT2D eigenvalue weighted by Crippen LogP contribution is 2.15. The number of hydrogen-bond acceptors (Lipinski definition) is 3. The first-order valence-corrected chi connectivity index (χ1v) is 3.68. The van der Waals surface area contributed by atoms with Crippen LogP contribution in [0.25, 0.3) is 0 Å². The summed E-state index contributed by atoms with van der Waals surface area (Å²) in [7, 11) is 0. The van der Waals surface area contributed by atoms with Gasteiger partial charge in [0.05, 0.1) is 0 Å². The van der Waals surface area contributed by atoms with Crippen LogP contribution in [0.4, 0.5) is 0 Å². The van der Waals surface area contributed by atoms with E-state index < -0.39 is 11.9 Å². The van der Waals surface area contributed by atoms with Crippen molar-refractivity contribution in [1.82, 2.24) is 0 Å². The van der Waals surface area contributed by atoms with Gasteiger partial charge < -0.3 is 11.5 Å². The largest absolute Gasteiger partial charge is 0.368 e. The van der Waals surface area contributed by atoms with Gasteiger partial charge in [-0.1, -0.05) is 6.07 Å². The van der Waals surface area contributed by atoms with Crippen LogP contribution in [0.1, 0.15) is 10.9 Å². The molecule has 0 saturated carbocycles. The van der Waals surface area contributed by atoms with Crippen molar-refractivity contribution >= 4 is 17.2 Å². The summed E-state index contributed by atoms with van der Waals surface area (Å²) in [6, 6.07) is 2.99. The van der Waals surface area contributed by atoms with E-state index in [0.717, 1.165) is 4.88 Å². The van der Waals surface area contributed by atoms with E-state index in [4.69, 9.17) is 11.5 Å². The van der Waals surface area contributed by atoms with Gasteiger partial charge in [-0.3, -0.25) is 4.79 Å². The molecular weight excluding hydrogens is 148 g/mol. The highest BCUT2D eigenvalue weighted by Gasteiger charge is 2.11. The molecule has 0 aliphatic carbocycles. The lowest BCUT2D eigenvalue weighted by Crippen LogP contribution is -2.27. The zero-order chi connectivity index (χ0) is 7.56. The molecule has 1 heterocycles. The Hall–Kier alpha value is -0.870. The molecule has 4 heteroatoms. The summed E-state index contributed by atoms with van der Waals surface area (Å²) < 4.78 is 0. The SMILES string of the molecule is NC(=O)C(N)c1cccs1. The minimum Gasteiger partial charge on any atom is -0.368 e. The highest BCUT2D eigenvalue weighted by atomic mass is 32.1. The third-order valence-electron chi connectivity index (χ3n) is 1.16. The van der Waals surface area contributed by atoms with Crippen LogP contribution >= 0.6 is 11.3 Å². The van der Waals surface area contributed by atoms with Crippen LogP contribution in [0.15, 0.2) is 17.5 Å². The van der Waals surface area contributed by atoms with Gasteiger partial charge in [-0.25, -0.2) is 0 Å². The second-order valence-electron chi connectivity index (χ2n) is 1.90. The standard InChI is InChI=1S/C6H8N2OS/c7-5(6(8)9)4-2-1-3-10-4/h1-3,5H,7H2,(H2,8,9). The van der Waals surface area contributed by atoms with Crippen LogP contribution in [0.5, 0.6) is 0 Å². The minimum absolute atomic E-state index is 0.484. The smallest absolute Gasteiger partial charge is 0.239 e. The second-order valence-corrected chi connectivity index (χ2v) is 2.87. The lowest BCUT2D eigenvalue weighted by Gasteiger charge is -2.01. The summed E-state index contributed by atoms with van der Waals surface area (Å²) in [6.07, 6.45) is 0. The number of thiophene rings is 1.